The standard InChI is InChI=1S/C27H28BrCl2N3O4S/c1-3-15-31-27(35)19(2)32(17-20-9-11-21(28)12-10-20)26(34)18-33(25-16-22(29)13-14-24(25)30)38(36,37)23-7-5-4-6-8-23/h4-14,16,19H,3,15,17-18H2,1-2H3,(H,31,35)/t19-/m0/s1. The van der Waals surface area contributed by atoms with Crippen molar-refractivity contribution in [2.24, 2.45) is 0 Å². The van der Waals surface area contributed by atoms with E-state index < -0.39 is 28.5 Å². The largest absolute Gasteiger partial charge is 0.354 e. The first kappa shape index (κ1) is 30.0. The summed E-state index contributed by atoms with van der Waals surface area (Å²) < 4.78 is 29.3. The van der Waals surface area contributed by atoms with Gasteiger partial charge in [0.2, 0.25) is 11.8 Å². The first-order valence-corrected chi connectivity index (χ1v) is 14.9. The predicted molar refractivity (Wildman–Crippen MR) is 155 cm³/mol. The van der Waals surface area contributed by atoms with Crippen LogP contribution in [0.5, 0.6) is 0 Å². The van der Waals surface area contributed by atoms with Crippen LogP contribution in [0.25, 0.3) is 0 Å². The Kier molecular flexibility index (Phi) is 10.6. The minimum absolute atomic E-state index is 0.0166. The Morgan fingerprint density at radius 1 is 1.00 bits per heavy atom. The summed E-state index contributed by atoms with van der Waals surface area (Å²) in [6, 6.07) is 18.6. The third kappa shape index (κ3) is 7.50. The Labute approximate surface area is 241 Å². The van der Waals surface area contributed by atoms with Crippen molar-refractivity contribution in [3.05, 3.63) is 92.9 Å². The normalized spacial score (nSPS) is 12.0. The van der Waals surface area contributed by atoms with E-state index in [9.17, 15) is 18.0 Å². The minimum atomic E-state index is -4.22. The van der Waals surface area contributed by atoms with E-state index in [-0.39, 0.29) is 33.1 Å². The molecule has 202 valence electrons. The van der Waals surface area contributed by atoms with Crippen LogP contribution in [0.15, 0.2) is 82.2 Å². The van der Waals surface area contributed by atoms with Gasteiger partial charge in [-0.1, -0.05) is 76.4 Å². The number of rotatable bonds is 11. The van der Waals surface area contributed by atoms with E-state index in [0.29, 0.717) is 6.54 Å². The highest BCUT2D eigenvalue weighted by Gasteiger charge is 2.33. The topological polar surface area (TPSA) is 86.8 Å². The smallest absolute Gasteiger partial charge is 0.264 e. The van der Waals surface area contributed by atoms with Crippen molar-refractivity contribution in [1.82, 2.24) is 10.2 Å². The molecule has 2 amide bonds. The lowest BCUT2D eigenvalue weighted by atomic mass is 10.1. The molecule has 0 saturated heterocycles. The van der Waals surface area contributed by atoms with Gasteiger partial charge in [0, 0.05) is 22.6 Å². The third-order valence-electron chi connectivity index (χ3n) is 5.77. The highest BCUT2D eigenvalue weighted by atomic mass is 79.9. The molecule has 0 aromatic heterocycles. The molecule has 1 atom stereocenters. The molecule has 3 aromatic carbocycles. The second kappa shape index (κ2) is 13.5. The van der Waals surface area contributed by atoms with Crippen molar-refractivity contribution in [3.63, 3.8) is 0 Å². The van der Waals surface area contributed by atoms with Crippen molar-refractivity contribution in [2.75, 3.05) is 17.4 Å². The van der Waals surface area contributed by atoms with Crippen LogP contribution in [0, 0.1) is 0 Å². The molecule has 0 heterocycles. The van der Waals surface area contributed by atoms with Gasteiger partial charge in [-0.2, -0.15) is 0 Å². The van der Waals surface area contributed by atoms with E-state index in [1.54, 1.807) is 25.1 Å². The van der Waals surface area contributed by atoms with Gasteiger partial charge in [-0.25, -0.2) is 8.42 Å². The number of halogens is 3. The SMILES string of the molecule is CCCNC(=O)[C@H](C)N(Cc1ccc(Br)cc1)C(=O)CN(c1cc(Cl)ccc1Cl)S(=O)(=O)c1ccccc1. The van der Waals surface area contributed by atoms with Gasteiger partial charge in [0.15, 0.2) is 0 Å². The molecule has 0 aliphatic carbocycles. The monoisotopic (exact) mass is 639 g/mol. The molecular weight excluding hydrogens is 613 g/mol. The zero-order valence-corrected chi connectivity index (χ0v) is 24.8. The van der Waals surface area contributed by atoms with Gasteiger partial charge in [-0.05, 0) is 61.4 Å². The van der Waals surface area contributed by atoms with Crippen LogP contribution >= 0.6 is 39.1 Å². The number of carbonyl (C=O) groups is 2. The Morgan fingerprint density at radius 3 is 2.29 bits per heavy atom. The second-order valence-corrected chi connectivity index (χ2v) is 12.2. The molecule has 1 N–H and O–H groups in total. The average molecular weight is 641 g/mol. The van der Waals surface area contributed by atoms with Crippen molar-refractivity contribution >= 4 is 66.7 Å². The van der Waals surface area contributed by atoms with Crippen LogP contribution in [-0.4, -0.2) is 44.3 Å². The van der Waals surface area contributed by atoms with E-state index in [1.807, 2.05) is 31.2 Å². The summed E-state index contributed by atoms with van der Waals surface area (Å²) in [4.78, 5) is 28.1. The summed E-state index contributed by atoms with van der Waals surface area (Å²) in [6.45, 7) is 3.49. The lowest BCUT2D eigenvalue weighted by Crippen LogP contribution is -2.51. The first-order chi connectivity index (χ1) is 18.0. The number of sulfonamides is 1. The van der Waals surface area contributed by atoms with Crippen molar-refractivity contribution in [2.45, 2.75) is 37.8 Å². The number of nitrogens with zero attached hydrogens (tertiary/aromatic N) is 2. The molecular formula is C27H28BrCl2N3O4S. The molecule has 0 bridgehead atoms. The molecule has 0 aliphatic rings. The quantitative estimate of drug-likeness (QED) is 0.283. The van der Waals surface area contributed by atoms with Crippen LogP contribution in [0.2, 0.25) is 10.0 Å². The van der Waals surface area contributed by atoms with Crippen molar-refractivity contribution in [3.8, 4) is 0 Å². The average Bonchev–Trinajstić information content (AvgIpc) is 2.91. The van der Waals surface area contributed by atoms with Gasteiger partial charge < -0.3 is 10.2 Å². The fraction of sp³-hybridized carbons (Fsp3) is 0.259. The summed E-state index contributed by atoms with van der Waals surface area (Å²) in [5.41, 5.74) is 0.831. The molecule has 0 fully saturated rings. The van der Waals surface area contributed by atoms with E-state index >= 15 is 0 Å². The molecule has 0 aliphatic heterocycles. The summed E-state index contributed by atoms with van der Waals surface area (Å²) >= 11 is 16.0. The summed E-state index contributed by atoms with van der Waals surface area (Å²) in [6.07, 6.45) is 0.732. The Hall–Kier alpha value is -2.59. The lowest BCUT2D eigenvalue weighted by Gasteiger charge is -2.32. The molecule has 0 radical (unpaired) electrons. The number of hydrogen-bond acceptors (Lipinski definition) is 4. The lowest BCUT2D eigenvalue weighted by molar-refractivity contribution is -0.139. The van der Waals surface area contributed by atoms with Gasteiger partial charge in [-0.3, -0.25) is 13.9 Å². The number of anilines is 1. The zero-order chi connectivity index (χ0) is 27.9. The van der Waals surface area contributed by atoms with Crippen LogP contribution in [0.4, 0.5) is 5.69 Å². The fourth-order valence-electron chi connectivity index (χ4n) is 3.68. The van der Waals surface area contributed by atoms with Gasteiger partial charge in [0.1, 0.15) is 12.6 Å². The highest BCUT2D eigenvalue weighted by molar-refractivity contribution is 9.10. The van der Waals surface area contributed by atoms with Gasteiger partial charge >= 0.3 is 0 Å². The van der Waals surface area contributed by atoms with Crippen molar-refractivity contribution < 1.29 is 18.0 Å². The Balaban J connectivity index is 2.04. The number of hydrogen-bond donors (Lipinski definition) is 1. The number of carbonyl (C=O) groups excluding carboxylic acids is 2. The molecule has 3 rings (SSSR count). The van der Waals surface area contributed by atoms with Crippen LogP contribution in [0.3, 0.4) is 0 Å². The Morgan fingerprint density at radius 2 is 1.66 bits per heavy atom. The van der Waals surface area contributed by atoms with E-state index in [1.165, 1.54) is 35.2 Å². The maximum atomic E-state index is 13.8. The molecule has 0 spiro atoms. The molecule has 7 nitrogen and oxygen atoms in total. The minimum Gasteiger partial charge on any atom is -0.354 e. The summed E-state index contributed by atoms with van der Waals surface area (Å²) in [7, 11) is -4.22. The van der Waals surface area contributed by atoms with Crippen molar-refractivity contribution in [1.29, 1.82) is 0 Å². The molecule has 3 aromatic rings. The number of benzene rings is 3. The summed E-state index contributed by atoms with van der Waals surface area (Å²) in [5, 5.41) is 3.17. The van der Waals surface area contributed by atoms with Crippen LogP contribution in [-0.2, 0) is 26.2 Å². The maximum absolute atomic E-state index is 13.8. The Bertz CT molecular complexity index is 1370. The van der Waals surface area contributed by atoms with Crippen LogP contribution in [0.1, 0.15) is 25.8 Å². The van der Waals surface area contributed by atoms with Gasteiger partial charge in [0.25, 0.3) is 10.0 Å². The predicted octanol–water partition coefficient (Wildman–Crippen LogP) is 5.89. The van der Waals surface area contributed by atoms with E-state index in [0.717, 1.165) is 20.8 Å². The van der Waals surface area contributed by atoms with E-state index in [4.69, 9.17) is 23.2 Å². The highest BCUT2D eigenvalue weighted by Crippen LogP contribution is 2.33. The zero-order valence-electron chi connectivity index (χ0n) is 20.9. The molecule has 0 saturated carbocycles. The van der Waals surface area contributed by atoms with Gasteiger partial charge in [0.05, 0.1) is 15.6 Å². The molecule has 38 heavy (non-hydrogen) atoms. The second-order valence-electron chi connectivity index (χ2n) is 8.54. The van der Waals surface area contributed by atoms with Crippen LogP contribution < -0.4 is 9.62 Å². The van der Waals surface area contributed by atoms with E-state index in [2.05, 4.69) is 21.2 Å². The maximum Gasteiger partial charge on any atom is 0.264 e. The third-order valence-corrected chi connectivity index (χ3v) is 8.63. The first-order valence-electron chi connectivity index (χ1n) is 11.9. The number of nitrogens with one attached hydrogen (secondary N) is 1. The number of amides is 2. The molecule has 0 unspecified atom stereocenters. The van der Waals surface area contributed by atoms with Gasteiger partial charge in [-0.15, -0.1) is 0 Å². The summed E-state index contributed by atoms with van der Waals surface area (Å²) in [5.74, 6) is -0.918. The fourth-order valence-corrected chi connectivity index (χ4v) is 5.82. The molecule has 11 heteroatoms.